The van der Waals surface area contributed by atoms with Crippen molar-refractivity contribution >= 4 is 16.7 Å². The van der Waals surface area contributed by atoms with Crippen LogP contribution in [-0.2, 0) is 0 Å². The molecule has 1 aromatic heterocycles. The summed E-state index contributed by atoms with van der Waals surface area (Å²) in [4.78, 5) is 0. The van der Waals surface area contributed by atoms with Crippen LogP contribution in [0.4, 0.5) is 5.82 Å². The molecule has 2 rings (SSSR count). The lowest BCUT2D eigenvalue weighted by molar-refractivity contribution is 0.415. The number of H-pyrrole nitrogens is 1. The van der Waals surface area contributed by atoms with E-state index >= 15 is 0 Å². The number of hydrogen-bond acceptors (Lipinski definition) is 3. The van der Waals surface area contributed by atoms with Gasteiger partial charge in [0, 0.05) is 18.5 Å². The molecule has 0 radical (unpaired) electrons. The summed E-state index contributed by atoms with van der Waals surface area (Å²) in [5.41, 5.74) is 0.976. The maximum Gasteiger partial charge on any atom is 0.155 e. The van der Waals surface area contributed by atoms with E-state index in [1.165, 1.54) is 0 Å². The number of rotatable bonds is 2. The standard InChI is InChI=1S/C9H11N3O/c1-10-9-7-4-3-6(13-2)5-8(7)11-12-9/h3-5H,1-2H3,(H2,10,11,12). The number of aromatic amines is 1. The fourth-order valence-corrected chi connectivity index (χ4v) is 1.32. The molecule has 13 heavy (non-hydrogen) atoms. The minimum absolute atomic E-state index is 0.832. The Hall–Kier alpha value is -1.71. The lowest BCUT2D eigenvalue weighted by Gasteiger charge is -1.98. The number of hydrogen-bond donors (Lipinski definition) is 2. The monoisotopic (exact) mass is 177 g/mol. The van der Waals surface area contributed by atoms with Crippen molar-refractivity contribution < 1.29 is 4.74 Å². The van der Waals surface area contributed by atoms with Crippen LogP contribution >= 0.6 is 0 Å². The van der Waals surface area contributed by atoms with Crippen LogP contribution < -0.4 is 10.1 Å². The minimum Gasteiger partial charge on any atom is -0.497 e. The highest BCUT2D eigenvalue weighted by Gasteiger charge is 2.03. The molecule has 0 bridgehead atoms. The van der Waals surface area contributed by atoms with Crippen molar-refractivity contribution in [3.63, 3.8) is 0 Å². The zero-order valence-corrected chi connectivity index (χ0v) is 7.59. The lowest BCUT2D eigenvalue weighted by atomic mass is 10.2. The Morgan fingerprint density at radius 1 is 1.46 bits per heavy atom. The summed E-state index contributed by atoms with van der Waals surface area (Å²) in [6.07, 6.45) is 0. The van der Waals surface area contributed by atoms with Crippen molar-refractivity contribution in [2.24, 2.45) is 0 Å². The van der Waals surface area contributed by atoms with Crippen LogP contribution in [0, 0.1) is 0 Å². The van der Waals surface area contributed by atoms with Gasteiger partial charge in [0.2, 0.25) is 0 Å². The van der Waals surface area contributed by atoms with Gasteiger partial charge in [-0.2, -0.15) is 5.10 Å². The quantitative estimate of drug-likeness (QED) is 0.732. The third kappa shape index (κ3) is 1.20. The predicted octanol–water partition coefficient (Wildman–Crippen LogP) is 1.61. The average Bonchev–Trinajstić information content (AvgIpc) is 2.59. The van der Waals surface area contributed by atoms with E-state index < -0.39 is 0 Å². The van der Waals surface area contributed by atoms with E-state index in [4.69, 9.17) is 4.74 Å². The summed E-state index contributed by atoms with van der Waals surface area (Å²) in [6.45, 7) is 0. The maximum atomic E-state index is 5.10. The molecule has 0 amide bonds. The number of methoxy groups -OCH3 is 1. The van der Waals surface area contributed by atoms with Gasteiger partial charge in [0.1, 0.15) is 5.75 Å². The first-order valence-corrected chi connectivity index (χ1v) is 4.05. The zero-order valence-electron chi connectivity index (χ0n) is 7.59. The van der Waals surface area contributed by atoms with Gasteiger partial charge >= 0.3 is 0 Å². The van der Waals surface area contributed by atoms with Crippen molar-refractivity contribution in [1.82, 2.24) is 10.2 Å². The van der Waals surface area contributed by atoms with E-state index in [-0.39, 0.29) is 0 Å². The molecule has 4 nitrogen and oxygen atoms in total. The molecule has 0 saturated heterocycles. The second-order valence-corrected chi connectivity index (χ2v) is 2.73. The molecule has 0 aliphatic heterocycles. The summed E-state index contributed by atoms with van der Waals surface area (Å²) in [5, 5.41) is 11.1. The van der Waals surface area contributed by atoms with E-state index in [2.05, 4.69) is 15.5 Å². The maximum absolute atomic E-state index is 5.10. The molecule has 0 spiro atoms. The molecular weight excluding hydrogens is 166 g/mol. The average molecular weight is 177 g/mol. The highest BCUT2D eigenvalue weighted by molar-refractivity contribution is 5.90. The van der Waals surface area contributed by atoms with Gasteiger partial charge < -0.3 is 10.1 Å². The van der Waals surface area contributed by atoms with Crippen LogP contribution in [0.25, 0.3) is 10.9 Å². The normalized spacial score (nSPS) is 10.3. The van der Waals surface area contributed by atoms with E-state index in [9.17, 15) is 0 Å². The zero-order chi connectivity index (χ0) is 9.26. The molecule has 0 unspecified atom stereocenters. The summed E-state index contributed by atoms with van der Waals surface area (Å²) in [6, 6.07) is 5.81. The summed E-state index contributed by atoms with van der Waals surface area (Å²) in [5.74, 6) is 1.69. The second kappa shape index (κ2) is 2.97. The molecule has 1 aromatic carbocycles. The molecule has 1 heterocycles. The van der Waals surface area contributed by atoms with Crippen molar-refractivity contribution in [3.05, 3.63) is 18.2 Å². The van der Waals surface area contributed by atoms with Crippen LogP contribution in [0.3, 0.4) is 0 Å². The SMILES string of the molecule is CNc1n[nH]c2cc(OC)ccc12. The topological polar surface area (TPSA) is 49.9 Å². The summed E-state index contributed by atoms with van der Waals surface area (Å²) >= 11 is 0. The van der Waals surface area contributed by atoms with Crippen LogP contribution in [0.2, 0.25) is 0 Å². The van der Waals surface area contributed by atoms with Crippen LogP contribution in [0.15, 0.2) is 18.2 Å². The second-order valence-electron chi connectivity index (χ2n) is 2.73. The molecule has 4 heteroatoms. The van der Waals surface area contributed by atoms with Crippen molar-refractivity contribution in [2.45, 2.75) is 0 Å². The first-order valence-electron chi connectivity index (χ1n) is 4.05. The largest absolute Gasteiger partial charge is 0.497 e. The summed E-state index contributed by atoms with van der Waals surface area (Å²) < 4.78 is 5.10. The predicted molar refractivity (Wildman–Crippen MR) is 52.2 cm³/mol. The Bertz CT molecular complexity index is 422. The molecule has 2 aromatic rings. The molecule has 0 saturated carbocycles. The van der Waals surface area contributed by atoms with Gasteiger partial charge in [0.25, 0.3) is 0 Å². The van der Waals surface area contributed by atoms with Crippen molar-refractivity contribution in [2.75, 3.05) is 19.5 Å². The Morgan fingerprint density at radius 2 is 2.31 bits per heavy atom. The number of aromatic nitrogens is 2. The van der Waals surface area contributed by atoms with Gasteiger partial charge in [-0.25, -0.2) is 0 Å². The number of fused-ring (bicyclic) bond motifs is 1. The Balaban J connectivity index is 2.61. The van der Waals surface area contributed by atoms with Gasteiger partial charge in [-0.15, -0.1) is 0 Å². The van der Waals surface area contributed by atoms with Gasteiger partial charge in [-0.05, 0) is 12.1 Å². The number of benzene rings is 1. The fraction of sp³-hybridized carbons (Fsp3) is 0.222. The Kier molecular flexibility index (Phi) is 1.81. The van der Waals surface area contributed by atoms with E-state index in [1.54, 1.807) is 7.11 Å². The molecular formula is C9H11N3O. The first-order chi connectivity index (χ1) is 6.35. The number of anilines is 1. The molecule has 0 aliphatic rings. The van der Waals surface area contributed by atoms with Crippen molar-refractivity contribution in [1.29, 1.82) is 0 Å². The van der Waals surface area contributed by atoms with Gasteiger partial charge in [0.15, 0.2) is 5.82 Å². The fourth-order valence-electron chi connectivity index (χ4n) is 1.32. The van der Waals surface area contributed by atoms with Crippen LogP contribution in [0.5, 0.6) is 5.75 Å². The Labute approximate surface area is 75.9 Å². The Morgan fingerprint density at radius 3 is 3.00 bits per heavy atom. The third-order valence-electron chi connectivity index (χ3n) is 2.01. The minimum atomic E-state index is 0.832. The number of nitrogens with zero attached hydrogens (tertiary/aromatic N) is 1. The van der Waals surface area contributed by atoms with Crippen LogP contribution in [0.1, 0.15) is 0 Å². The number of nitrogens with one attached hydrogen (secondary N) is 2. The van der Waals surface area contributed by atoms with Gasteiger partial charge in [-0.3, -0.25) is 5.10 Å². The highest BCUT2D eigenvalue weighted by atomic mass is 16.5. The summed E-state index contributed by atoms with van der Waals surface area (Å²) in [7, 11) is 3.50. The van der Waals surface area contributed by atoms with E-state index in [0.29, 0.717) is 0 Å². The molecule has 2 N–H and O–H groups in total. The van der Waals surface area contributed by atoms with E-state index in [0.717, 1.165) is 22.5 Å². The van der Waals surface area contributed by atoms with Crippen molar-refractivity contribution in [3.8, 4) is 5.75 Å². The first kappa shape index (κ1) is 7.91. The third-order valence-corrected chi connectivity index (χ3v) is 2.01. The van der Waals surface area contributed by atoms with Gasteiger partial charge in [0.05, 0.1) is 12.6 Å². The van der Waals surface area contributed by atoms with Gasteiger partial charge in [-0.1, -0.05) is 0 Å². The number of ether oxygens (including phenoxy) is 1. The molecule has 68 valence electrons. The molecule has 0 atom stereocenters. The van der Waals surface area contributed by atoms with E-state index in [1.807, 2.05) is 25.2 Å². The molecule has 0 aliphatic carbocycles. The highest BCUT2D eigenvalue weighted by Crippen LogP contribution is 2.23. The van der Waals surface area contributed by atoms with Crippen LogP contribution in [-0.4, -0.2) is 24.4 Å². The lowest BCUT2D eigenvalue weighted by Crippen LogP contribution is -1.87. The molecule has 0 fully saturated rings. The smallest absolute Gasteiger partial charge is 0.155 e.